The zero-order valence-electron chi connectivity index (χ0n) is 9.01. The van der Waals surface area contributed by atoms with Gasteiger partial charge in [0, 0.05) is 16.8 Å². The lowest BCUT2D eigenvalue weighted by Crippen LogP contribution is -2.33. The molecule has 0 aromatic heterocycles. The highest BCUT2D eigenvalue weighted by Crippen LogP contribution is 2.12. The highest BCUT2D eigenvalue weighted by Gasteiger charge is 2.12. The smallest absolute Gasteiger partial charge is 0.253 e. The van der Waals surface area contributed by atoms with Gasteiger partial charge in [-0.3, -0.25) is 9.59 Å². The maximum atomic E-state index is 11.6. The molecule has 0 aliphatic rings. The fraction of sp³-hybridized carbons (Fsp3) is 0.0909. The Morgan fingerprint density at radius 1 is 1.35 bits per heavy atom. The second kappa shape index (κ2) is 5.13. The fourth-order valence-corrected chi connectivity index (χ4v) is 1.20. The van der Waals surface area contributed by atoms with Gasteiger partial charge in [0.15, 0.2) is 0 Å². The zero-order valence-corrected chi connectivity index (χ0v) is 9.01. The summed E-state index contributed by atoms with van der Waals surface area (Å²) in [7, 11) is 0. The fourth-order valence-electron chi connectivity index (χ4n) is 1.20. The van der Waals surface area contributed by atoms with E-state index in [0.29, 0.717) is 0 Å². The number of rotatable bonds is 4. The minimum absolute atomic E-state index is 0.128. The molecule has 0 aliphatic carbocycles. The van der Waals surface area contributed by atoms with Gasteiger partial charge in [-0.05, 0) is 24.3 Å². The molecule has 90 valence electrons. The predicted octanol–water partition coefficient (Wildman–Crippen LogP) is -0.398. The van der Waals surface area contributed by atoms with Crippen LogP contribution in [-0.4, -0.2) is 23.1 Å². The maximum Gasteiger partial charge on any atom is 0.253 e. The van der Waals surface area contributed by atoms with Gasteiger partial charge in [-0.1, -0.05) is 6.58 Å². The first-order chi connectivity index (χ1) is 7.93. The highest BCUT2D eigenvalue weighted by atomic mass is 16.3. The number of hydrogen-bond donors (Lipinski definition) is 4. The molecule has 0 fully saturated rings. The molecule has 17 heavy (non-hydrogen) atoms. The number of carbonyl (C=O) groups is 2. The third-order valence-corrected chi connectivity index (χ3v) is 2.00. The molecule has 0 heterocycles. The average molecular weight is 235 g/mol. The molecular weight excluding hydrogens is 222 g/mol. The summed E-state index contributed by atoms with van der Waals surface area (Å²) in [4.78, 5) is 22.6. The first kappa shape index (κ1) is 12.7. The Kier molecular flexibility index (Phi) is 3.84. The van der Waals surface area contributed by atoms with Gasteiger partial charge in [0.1, 0.15) is 6.23 Å². The van der Waals surface area contributed by atoms with Gasteiger partial charge in [0.25, 0.3) is 5.91 Å². The minimum atomic E-state index is -1.17. The number of nitrogens with two attached hydrogens (primary N) is 2. The van der Waals surface area contributed by atoms with Crippen LogP contribution in [0.5, 0.6) is 0 Å². The minimum Gasteiger partial charge on any atom is -0.399 e. The second-order valence-electron chi connectivity index (χ2n) is 3.36. The van der Waals surface area contributed by atoms with Gasteiger partial charge in [-0.15, -0.1) is 0 Å². The van der Waals surface area contributed by atoms with Crippen LogP contribution in [0.1, 0.15) is 20.7 Å². The number of carbonyl (C=O) groups excluding carboxylic acids is 2. The molecule has 6 heteroatoms. The van der Waals surface area contributed by atoms with Gasteiger partial charge < -0.3 is 21.9 Å². The molecule has 0 aliphatic heterocycles. The zero-order chi connectivity index (χ0) is 13.0. The van der Waals surface area contributed by atoms with E-state index in [2.05, 4.69) is 11.9 Å². The Hall–Kier alpha value is -2.34. The van der Waals surface area contributed by atoms with Crippen molar-refractivity contribution in [3.05, 3.63) is 42.0 Å². The van der Waals surface area contributed by atoms with Gasteiger partial charge in [-0.2, -0.15) is 0 Å². The lowest BCUT2D eigenvalue weighted by Gasteiger charge is -2.09. The number of nitrogen functional groups attached to an aromatic ring is 1. The Morgan fingerprint density at radius 3 is 2.47 bits per heavy atom. The molecule has 0 saturated heterocycles. The van der Waals surface area contributed by atoms with Crippen LogP contribution in [0.3, 0.4) is 0 Å². The van der Waals surface area contributed by atoms with Crippen molar-refractivity contribution in [3.63, 3.8) is 0 Å². The van der Waals surface area contributed by atoms with Crippen molar-refractivity contribution < 1.29 is 14.7 Å². The van der Waals surface area contributed by atoms with Crippen LogP contribution in [0, 0.1) is 0 Å². The van der Waals surface area contributed by atoms with Crippen molar-refractivity contribution in [2.75, 3.05) is 5.73 Å². The van der Waals surface area contributed by atoms with Crippen molar-refractivity contribution in [1.29, 1.82) is 0 Å². The number of primary amides is 1. The van der Waals surface area contributed by atoms with Crippen molar-refractivity contribution in [2.24, 2.45) is 5.73 Å². The molecule has 1 aromatic carbocycles. The van der Waals surface area contributed by atoms with Gasteiger partial charge in [0.2, 0.25) is 5.91 Å². The molecular formula is C11H13N3O3. The molecule has 6 N–H and O–H groups in total. The largest absolute Gasteiger partial charge is 0.399 e. The quantitative estimate of drug-likeness (QED) is 0.322. The van der Waals surface area contributed by atoms with E-state index in [4.69, 9.17) is 16.6 Å². The topological polar surface area (TPSA) is 118 Å². The molecule has 0 bridgehead atoms. The Bertz CT molecular complexity index is 471. The van der Waals surface area contributed by atoms with E-state index < -0.39 is 18.0 Å². The van der Waals surface area contributed by atoms with Gasteiger partial charge in [0.05, 0.1) is 0 Å². The molecule has 1 unspecified atom stereocenters. The number of anilines is 1. The van der Waals surface area contributed by atoms with Crippen molar-refractivity contribution in [1.82, 2.24) is 5.32 Å². The number of aliphatic hydroxyl groups is 1. The normalized spacial score (nSPS) is 11.6. The van der Waals surface area contributed by atoms with E-state index >= 15 is 0 Å². The first-order valence-electron chi connectivity index (χ1n) is 4.76. The molecule has 1 aromatic rings. The molecule has 0 radical (unpaired) electrons. The lowest BCUT2D eigenvalue weighted by atomic mass is 10.1. The molecule has 2 amide bonds. The summed E-state index contributed by atoms with van der Waals surface area (Å²) < 4.78 is 0. The second-order valence-corrected chi connectivity index (χ2v) is 3.36. The molecule has 0 saturated carbocycles. The van der Waals surface area contributed by atoms with Crippen LogP contribution in [0.4, 0.5) is 5.69 Å². The number of amides is 2. The average Bonchev–Trinajstić information content (AvgIpc) is 2.27. The SMILES string of the molecule is C=CC(O)NC(=O)c1cc(N)cc(C(N)=O)c1. The molecule has 6 nitrogen and oxygen atoms in total. The van der Waals surface area contributed by atoms with Crippen LogP contribution < -0.4 is 16.8 Å². The number of nitrogens with one attached hydrogen (secondary N) is 1. The van der Waals surface area contributed by atoms with Crippen LogP contribution in [0.25, 0.3) is 0 Å². The van der Waals surface area contributed by atoms with Gasteiger partial charge in [-0.25, -0.2) is 0 Å². The monoisotopic (exact) mass is 235 g/mol. The van der Waals surface area contributed by atoms with E-state index in [1.165, 1.54) is 18.2 Å². The summed E-state index contributed by atoms with van der Waals surface area (Å²) in [5, 5.41) is 11.4. The summed E-state index contributed by atoms with van der Waals surface area (Å²) in [5.41, 5.74) is 11.1. The summed E-state index contributed by atoms with van der Waals surface area (Å²) in [6.45, 7) is 3.31. The maximum absolute atomic E-state index is 11.6. The molecule has 1 rings (SSSR count). The number of aliphatic hydroxyl groups excluding tert-OH is 1. The Morgan fingerprint density at radius 2 is 1.94 bits per heavy atom. The summed E-state index contributed by atoms with van der Waals surface area (Å²) in [5.74, 6) is -1.26. The molecule has 0 spiro atoms. The van der Waals surface area contributed by atoms with Gasteiger partial charge >= 0.3 is 0 Å². The van der Waals surface area contributed by atoms with Crippen LogP contribution >= 0.6 is 0 Å². The standard InChI is InChI=1S/C11H13N3O3/c1-2-9(15)14-11(17)7-3-6(10(13)16)4-8(12)5-7/h2-5,9,15H,1,12H2,(H2,13,16)(H,14,17). The van der Waals surface area contributed by atoms with Crippen molar-refractivity contribution in [3.8, 4) is 0 Å². The third-order valence-electron chi connectivity index (χ3n) is 2.00. The third kappa shape index (κ3) is 3.32. The molecule has 1 atom stereocenters. The summed E-state index contributed by atoms with van der Waals surface area (Å²) >= 11 is 0. The van der Waals surface area contributed by atoms with E-state index in [1.807, 2.05) is 0 Å². The van der Waals surface area contributed by atoms with Crippen molar-refractivity contribution in [2.45, 2.75) is 6.23 Å². The van der Waals surface area contributed by atoms with E-state index in [-0.39, 0.29) is 16.8 Å². The highest BCUT2D eigenvalue weighted by molar-refractivity contribution is 6.00. The van der Waals surface area contributed by atoms with Crippen molar-refractivity contribution >= 4 is 17.5 Å². The Balaban J connectivity index is 3.01. The van der Waals surface area contributed by atoms with E-state index in [9.17, 15) is 9.59 Å². The van der Waals surface area contributed by atoms with E-state index in [1.54, 1.807) is 0 Å². The van der Waals surface area contributed by atoms with Crippen LogP contribution in [-0.2, 0) is 0 Å². The lowest BCUT2D eigenvalue weighted by molar-refractivity contribution is 0.0855. The summed E-state index contributed by atoms with van der Waals surface area (Å²) in [6, 6.07) is 4.03. The number of benzene rings is 1. The summed E-state index contributed by atoms with van der Waals surface area (Å²) in [6.07, 6.45) is -0.0138. The van der Waals surface area contributed by atoms with Crippen LogP contribution in [0.2, 0.25) is 0 Å². The predicted molar refractivity (Wildman–Crippen MR) is 63.0 cm³/mol. The van der Waals surface area contributed by atoms with E-state index in [0.717, 1.165) is 6.08 Å². The Labute approximate surface area is 97.9 Å². The first-order valence-corrected chi connectivity index (χ1v) is 4.76. The van der Waals surface area contributed by atoms with Crippen LogP contribution in [0.15, 0.2) is 30.9 Å². The number of hydrogen-bond acceptors (Lipinski definition) is 4.